The summed E-state index contributed by atoms with van der Waals surface area (Å²) in [6, 6.07) is 8.28. The third-order valence-electron chi connectivity index (χ3n) is 3.36. The van der Waals surface area contributed by atoms with Gasteiger partial charge < -0.3 is 14.8 Å². The van der Waals surface area contributed by atoms with Crippen LogP contribution in [0.1, 0.15) is 11.1 Å². The predicted molar refractivity (Wildman–Crippen MR) is 86.7 cm³/mol. The fraction of sp³-hybridized carbons (Fsp3) is 0.118. The van der Waals surface area contributed by atoms with Gasteiger partial charge in [0.25, 0.3) is 0 Å². The number of nitrogens with one attached hydrogen (secondary N) is 1. The third-order valence-corrected chi connectivity index (χ3v) is 3.69. The van der Waals surface area contributed by atoms with Gasteiger partial charge in [-0.2, -0.15) is 13.2 Å². The summed E-state index contributed by atoms with van der Waals surface area (Å²) in [5.41, 5.74) is -0.324. The van der Waals surface area contributed by atoms with Gasteiger partial charge in [0.15, 0.2) is 11.5 Å². The van der Waals surface area contributed by atoms with Gasteiger partial charge in [-0.05, 0) is 42.0 Å². The van der Waals surface area contributed by atoms with Crippen LogP contribution in [0.25, 0.3) is 6.08 Å². The number of benzene rings is 2. The average Bonchev–Trinajstić information content (AvgIpc) is 3.01. The van der Waals surface area contributed by atoms with E-state index in [0.717, 1.165) is 12.1 Å². The maximum absolute atomic E-state index is 12.8. The molecule has 1 N–H and O–H groups in total. The van der Waals surface area contributed by atoms with Gasteiger partial charge in [-0.1, -0.05) is 17.7 Å². The van der Waals surface area contributed by atoms with E-state index < -0.39 is 22.7 Å². The quantitative estimate of drug-likeness (QED) is 0.795. The number of halogens is 4. The maximum atomic E-state index is 12.8. The van der Waals surface area contributed by atoms with E-state index in [2.05, 4.69) is 5.32 Å². The molecule has 0 bridgehead atoms. The van der Waals surface area contributed by atoms with Crippen molar-refractivity contribution in [1.82, 2.24) is 0 Å². The lowest BCUT2D eigenvalue weighted by Crippen LogP contribution is -2.11. The van der Waals surface area contributed by atoms with Crippen molar-refractivity contribution in [3.05, 3.63) is 58.6 Å². The summed E-state index contributed by atoms with van der Waals surface area (Å²) >= 11 is 5.54. The number of ether oxygens (including phenoxy) is 2. The predicted octanol–water partition coefficient (Wildman–Crippen LogP) is 4.74. The molecule has 25 heavy (non-hydrogen) atoms. The van der Waals surface area contributed by atoms with Crippen molar-refractivity contribution >= 4 is 29.3 Å². The van der Waals surface area contributed by atoms with Crippen LogP contribution in [0, 0.1) is 0 Å². The molecule has 0 spiro atoms. The summed E-state index contributed by atoms with van der Waals surface area (Å²) in [5.74, 6) is 0.602. The number of amides is 1. The fourth-order valence-electron chi connectivity index (χ4n) is 2.19. The van der Waals surface area contributed by atoms with Crippen molar-refractivity contribution in [3.63, 3.8) is 0 Å². The zero-order chi connectivity index (χ0) is 18.0. The minimum Gasteiger partial charge on any atom is -0.454 e. The highest BCUT2D eigenvalue weighted by atomic mass is 35.5. The normalized spacial score (nSPS) is 13.3. The van der Waals surface area contributed by atoms with Crippen LogP contribution in [0.4, 0.5) is 18.9 Å². The monoisotopic (exact) mass is 369 g/mol. The molecule has 0 fully saturated rings. The number of carbonyl (C=O) groups is 1. The van der Waals surface area contributed by atoms with Crippen LogP contribution in [0.2, 0.25) is 5.02 Å². The summed E-state index contributed by atoms with van der Waals surface area (Å²) < 4.78 is 48.8. The lowest BCUT2D eigenvalue weighted by molar-refractivity contribution is -0.137. The molecule has 0 saturated heterocycles. The Morgan fingerprint density at radius 3 is 2.64 bits per heavy atom. The molecule has 0 aliphatic carbocycles. The Labute approximate surface area is 145 Å². The zero-order valence-corrected chi connectivity index (χ0v) is 13.3. The highest BCUT2D eigenvalue weighted by Gasteiger charge is 2.33. The molecule has 0 atom stereocenters. The molecule has 2 aromatic carbocycles. The SMILES string of the molecule is O=C(/C=C/c1ccc2c(c1)OCO2)Nc1ccc(Cl)c(C(F)(F)F)c1. The molecule has 1 amide bonds. The molecular formula is C17H11ClF3NO3. The van der Waals surface area contributed by atoms with Crippen LogP contribution in [0.5, 0.6) is 11.5 Å². The minimum absolute atomic E-state index is 0.00272. The Hall–Kier alpha value is -2.67. The first-order chi connectivity index (χ1) is 11.8. The minimum atomic E-state index is -4.60. The van der Waals surface area contributed by atoms with Gasteiger partial charge in [-0.15, -0.1) is 0 Å². The first-order valence-corrected chi connectivity index (χ1v) is 7.46. The molecule has 0 radical (unpaired) electrons. The molecule has 4 nitrogen and oxygen atoms in total. The van der Waals surface area contributed by atoms with Crippen LogP contribution in [0.3, 0.4) is 0 Å². The van der Waals surface area contributed by atoms with E-state index in [-0.39, 0.29) is 12.5 Å². The van der Waals surface area contributed by atoms with Crippen LogP contribution >= 0.6 is 11.6 Å². The number of rotatable bonds is 3. The first kappa shape index (κ1) is 17.2. The molecule has 130 valence electrons. The largest absolute Gasteiger partial charge is 0.454 e. The highest BCUT2D eigenvalue weighted by molar-refractivity contribution is 6.31. The Bertz CT molecular complexity index is 850. The van der Waals surface area contributed by atoms with Crippen molar-refractivity contribution in [3.8, 4) is 11.5 Å². The Kier molecular flexibility index (Phi) is 4.59. The second-order valence-electron chi connectivity index (χ2n) is 5.13. The number of hydrogen-bond acceptors (Lipinski definition) is 3. The first-order valence-electron chi connectivity index (χ1n) is 7.08. The summed E-state index contributed by atoms with van der Waals surface area (Å²) in [5, 5.41) is 1.93. The molecule has 0 aromatic heterocycles. The third kappa shape index (κ3) is 4.06. The lowest BCUT2D eigenvalue weighted by Gasteiger charge is -2.11. The molecule has 3 rings (SSSR count). The van der Waals surface area contributed by atoms with E-state index in [4.69, 9.17) is 21.1 Å². The van der Waals surface area contributed by atoms with Gasteiger partial charge in [0, 0.05) is 11.8 Å². The van der Waals surface area contributed by atoms with E-state index in [1.165, 1.54) is 18.2 Å². The summed E-state index contributed by atoms with van der Waals surface area (Å²) in [6.45, 7) is 0.140. The molecule has 8 heteroatoms. The van der Waals surface area contributed by atoms with E-state index in [9.17, 15) is 18.0 Å². The summed E-state index contributed by atoms with van der Waals surface area (Å²) in [4.78, 5) is 11.9. The number of fused-ring (bicyclic) bond motifs is 1. The molecule has 1 aliphatic rings. The Balaban J connectivity index is 1.70. The van der Waals surface area contributed by atoms with Crippen molar-refractivity contribution in [2.45, 2.75) is 6.18 Å². The fourth-order valence-corrected chi connectivity index (χ4v) is 2.42. The molecule has 1 aliphatic heterocycles. The van der Waals surface area contributed by atoms with E-state index in [0.29, 0.717) is 17.1 Å². The second-order valence-corrected chi connectivity index (χ2v) is 5.53. The van der Waals surface area contributed by atoms with Crippen LogP contribution in [-0.4, -0.2) is 12.7 Å². The molecule has 2 aromatic rings. The van der Waals surface area contributed by atoms with Gasteiger partial charge >= 0.3 is 6.18 Å². The van der Waals surface area contributed by atoms with Crippen molar-refractivity contribution in [2.75, 3.05) is 12.1 Å². The molecular weight excluding hydrogens is 359 g/mol. The standard InChI is InChI=1S/C17H11ClF3NO3/c18-13-4-3-11(8-12(13)17(19,20)21)22-16(23)6-2-10-1-5-14-15(7-10)25-9-24-14/h1-8H,9H2,(H,22,23)/b6-2+. The summed E-state index contributed by atoms with van der Waals surface area (Å²) in [7, 11) is 0. The van der Waals surface area contributed by atoms with Crippen molar-refractivity contribution < 1.29 is 27.4 Å². The maximum Gasteiger partial charge on any atom is 0.417 e. The average molecular weight is 370 g/mol. The molecule has 0 unspecified atom stereocenters. The number of anilines is 1. The zero-order valence-electron chi connectivity index (χ0n) is 12.6. The molecule has 0 saturated carbocycles. The Morgan fingerprint density at radius 2 is 1.88 bits per heavy atom. The Morgan fingerprint density at radius 1 is 1.12 bits per heavy atom. The number of alkyl halides is 3. The highest BCUT2D eigenvalue weighted by Crippen LogP contribution is 2.36. The van der Waals surface area contributed by atoms with E-state index in [1.807, 2.05) is 0 Å². The van der Waals surface area contributed by atoms with E-state index >= 15 is 0 Å². The van der Waals surface area contributed by atoms with Gasteiger partial charge in [0.2, 0.25) is 12.7 Å². The second kappa shape index (κ2) is 6.68. The smallest absolute Gasteiger partial charge is 0.417 e. The number of carbonyl (C=O) groups excluding carboxylic acids is 1. The van der Waals surface area contributed by atoms with Crippen molar-refractivity contribution in [2.24, 2.45) is 0 Å². The van der Waals surface area contributed by atoms with Gasteiger partial charge in [-0.3, -0.25) is 4.79 Å². The van der Waals surface area contributed by atoms with Crippen LogP contribution in [-0.2, 0) is 11.0 Å². The lowest BCUT2D eigenvalue weighted by atomic mass is 10.1. The summed E-state index contributed by atoms with van der Waals surface area (Å²) in [6.07, 6.45) is -1.88. The topological polar surface area (TPSA) is 47.6 Å². The number of hydrogen-bond donors (Lipinski definition) is 1. The van der Waals surface area contributed by atoms with Crippen LogP contribution in [0.15, 0.2) is 42.5 Å². The van der Waals surface area contributed by atoms with E-state index in [1.54, 1.807) is 18.2 Å². The van der Waals surface area contributed by atoms with Crippen LogP contribution < -0.4 is 14.8 Å². The van der Waals surface area contributed by atoms with Gasteiger partial charge in [0.05, 0.1) is 10.6 Å². The van der Waals surface area contributed by atoms with Gasteiger partial charge in [-0.25, -0.2) is 0 Å². The molecule has 1 heterocycles. The van der Waals surface area contributed by atoms with Crippen molar-refractivity contribution in [1.29, 1.82) is 0 Å². The van der Waals surface area contributed by atoms with Gasteiger partial charge in [0.1, 0.15) is 0 Å².